The molecule has 2 atom stereocenters. The molecule has 2 unspecified atom stereocenters. The third-order valence-corrected chi connectivity index (χ3v) is 9.13. The number of hydrogen-bond donors (Lipinski definition) is 4. The fourth-order valence-electron chi connectivity index (χ4n) is 6.01. The van der Waals surface area contributed by atoms with Gasteiger partial charge in [0.15, 0.2) is 0 Å². The van der Waals surface area contributed by atoms with E-state index in [0.29, 0.717) is 25.7 Å². The molecule has 15 heteroatoms. The van der Waals surface area contributed by atoms with Crippen molar-refractivity contribution in [2.45, 2.75) is 101 Å². The lowest BCUT2D eigenvalue weighted by Gasteiger charge is -2.50. The summed E-state index contributed by atoms with van der Waals surface area (Å²) < 4.78 is 64.2. The molecule has 0 aromatic carbocycles. The quantitative estimate of drug-likeness (QED) is 0.213. The fraction of sp³-hybridized carbons (Fsp3) is 0.864. The Bertz CT molecular complexity index is 996. The number of amides is 4. The van der Waals surface area contributed by atoms with Crippen molar-refractivity contribution >= 4 is 38.1 Å². The Kier molecular flexibility index (Phi) is 9.39. The first-order valence-corrected chi connectivity index (χ1v) is 15.8. The van der Waals surface area contributed by atoms with E-state index in [1.807, 2.05) is 0 Å². The van der Waals surface area contributed by atoms with Crippen molar-refractivity contribution in [1.82, 2.24) is 9.80 Å². The average Bonchev–Trinajstić information content (AvgIpc) is 2.77. The van der Waals surface area contributed by atoms with Crippen LogP contribution in [0.1, 0.15) is 77.0 Å². The van der Waals surface area contributed by atoms with Crippen molar-refractivity contribution in [3.8, 4) is 0 Å². The minimum absolute atomic E-state index is 0.474. The van der Waals surface area contributed by atoms with Gasteiger partial charge in [-0.15, -0.1) is 0 Å². The molecular weight excluding hydrogens is 532 g/mol. The van der Waals surface area contributed by atoms with Gasteiger partial charge in [0.2, 0.25) is 11.8 Å². The average molecular weight is 569 g/mol. The normalized spacial score (nSPS) is 24.4. The van der Waals surface area contributed by atoms with Crippen LogP contribution in [0.2, 0.25) is 0 Å². The van der Waals surface area contributed by atoms with Crippen LogP contribution in [0.15, 0.2) is 0 Å². The van der Waals surface area contributed by atoms with E-state index in [0.717, 1.165) is 48.3 Å². The highest BCUT2D eigenvalue weighted by atomic mass is 32.2. The molecule has 0 radical (unpaired) electrons. The summed E-state index contributed by atoms with van der Waals surface area (Å²) in [5, 5.41) is 21.1. The number of carbonyl (C=O) groups excluding carboxylic acids is 3. The van der Waals surface area contributed by atoms with Crippen molar-refractivity contribution in [3.63, 3.8) is 0 Å². The van der Waals surface area contributed by atoms with Crippen LogP contribution < -0.4 is 0 Å². The van der Waals surface area contributed by atoms with E-state index in [9.17, 15) is 50.5 Å². The van der Waals surface area contributed by atoms with Crippen LogP contribution in [0.5, 0.6) is 0 Å². The minimum atomic E-state index is -4.74. The lowest BCUT2D eigenvalue weighted by molar-refractivity contribution is -0.167. The smallest absolute Gasteiger partial charge is 0.333 e. The molecule has 3 fully saturated rings. The predicted octanol–water partition coefficient (Wildman–Crippen LogP) is 0.707. The van der Waals surface area contributed by atoms with E-state index in [4.69, 9.17) is 0 Å². The van der Waals surface area contributed by atoms with E-state index in [2.05, 4.69) is 0 Å². The second-order valence-corrected chi connectivity index (χ2v) is 13.5. The number of carbonyl (C=O) groups is 3. The van der Waals surface area contributed by atoms with E-state index in [1.54, 1.807) is 0 Å². The first kappa shape index (κ1) is 29.9. The van der Waals surface area contributed by atoms with Gasteiger partial charge in [-0.05, 0) is 38.5 Å². The van der Waals surface area contributed by atoms with Crippen LogP contribution in [0.25, 0.3) is 0 Å². The van der Waals surface area contributed by atoms with Gasteiger partial charge in [0.1, 0.15) is 16.9 Å². The molecule has 4 amide bonds. The Morgan fingerprint density at radius 3 is 1.30 bits per heavy atom. The Morgan fingerprint density at radius 2 is 1.00 bits per heavy atom. The van der Waals surface area contributed by atoms with Gasteiger partial charge in [0.25, 0.3) is 20.2 Å². The maximum Gasteiger partial charge on any atom is 0.333 e. The standard InChI is InChI=1S/C22H36N2O11S2/c25-17(13-36(30,31)32)11-22(12-18(26)14-37(33,34)35)19(27)23(15-7-3-1-4-8-15)21(29)24(20(22)28)16-9-5-2-6-10-16/h15-18,25-26H,1-14H2,(H,30,31,32)(H,33,34,35). The maximum absolute atomic E-state index is 14.0. The molecule has 212 valence electrons. The Morgan fingerprint density at radius 1 is 0.676 bits per heavy atom. The zero-order chi connectivity index (χ0) is 27.6. The Balaban J connectivity index is 2.11. The zero-order valence-corrected chi connectivity index (χ0v) is 22.2. The largest absolute Gasteiger partial charge is 0.392 e. The highest BCUT2D eigenvalue weighted by Crippen LogP contribution is 2.43. The zero-order valence-electron chi connectivity index (χ0n) is 20.6. The van der Waals surface area contributed by atoms with Gasteiger partial charge in [-0.3, -0.25) is 28.5 Å². The first-order valence-electron chi connectivity index (χ1n) is 12.6. The summed E-state index contributed by atoms with van der Waals surface area (Å²) in [5.41, 5.74) is -2.39. The minimum Gasteiger partial charge on any atom is -0.392 e. The molecule has 3 aliphatic rings. The second kappa shape index (κ2) is 11.6. The van der Waals surface area contributed by atoms with Crippen LogP contribution in [0.4, 0.5) is 4.79 Å². The van der Waals surface area contributed by atoms with Crippen molar-refractivity contribution in [3.05, 3.63) is 0 Å². The molecule has 2 aliphatic carbocycles. The van der Waals surface area contributed by atoms with E-state index >= 15 is 0 Å². The van der Waals surface area contributed by atoms with Crippen LogP contribution in [0, 0.1) is 5.41 Å². The van der Waals surface area contributed by atoms with Crippen LogP contribution >= 0.6 is 0 Å². The number of hydrogen-bond acceptors (Lipinski definition) is 9. The molecule has 0 aromatic rings. The molecule has 37 heavy (non-hydrogen) atoms. The van der Waals surface area contributed by atoms with Crippen molar-refractivity contribution in [2.24, 2.45) is 5.41 Å². The van der Waals surface area contributed by atoms with Crippen molar-refractivity contribution < 1.29 is 50.5 Å². The number of aliphatic hydroxyl groups is 2. The van der Waals surface area contributed by atoms with Gasteiger partial charge < -0.3 is 10.2 Å². The molecule has 3 rings (SSSR count). The number of rotatable bonds is 10. The number of barbiturate groups is 1. The van der Waals surface area contributed by atoms with Crippen molar-refractivity contribution in [2.75, 3.05) is 11.5 Å². The lowest BCUT2D eigenvalue weighted by Crippen LogP contribution is -2.70. The van der Waals surface area contributed by atoms with Crippen LogP contribution in [-0.4, -0.2) is 99.6 Å². The molecule has 0 bridgehead atoms. The van der Waals surface area contributed by atoms with Crippen LogP contribution in [0.3, 0.4) is 0 Å². The highest BCUT2D eigenvalue weighted by Gasteiger charge is 2.61. The van der Waals surface area contributed by atoms with Gasteiger partial charge in [-0.25, -0.2) is 4.79 Å². The second-order valence-electron chi connectivity index (χ2n) is 10.5. The van der Waals surface area contributed by atoms with Gasteiger partial charge in [0, 0.05) is 12.1 Å². The summed E-state index contributed by atoms with van der Waals surface area (Å²) in [5.74, 6) is -4.54. The molecule has 0 aromatic heterocycles. The Hall–Kier alpha value is -1.65. The third kappa shape index (κ3) is 7.26. The van der Waals surface area contributed by atoms with E-state index in [1.165, 1.54) is 0 Å². The molecular formula is C22H36N2O11S2. The number of urea groups is 1. The van der Waals surface area contributed by atoms with Gasteiger partial charge in [0.05, 0.1) is 12.2 Å². The SMILES string of the molecule is O=C1N(C2CCCCC2)C(=O)C(CC(O)CS(=O)(=O)O)(CC(O)CS(=O)(=O)O)C(=O)N1C1CCCCC1. The number of nitrogens with zero attached hydrogens (tertiary/aromatic N) is 2. The third-order valence-electron chi connectivity index (χ3n) is 7.52. The summed E-state index contributed by atoms with van der Waals surface area (Å²) in [4.78, 5) is 43.6. The molecule has 1 aliphatic heterocycles. The summed E-state index contributed by atoms with van der Waals surface area (Å²) in [7, 11) is -9.47. The monoisotopic (exact) mass is 568 g/mol. The van der Waals surface area contributed by atoms with Gasteiger partial charge in [-0.2, -0.15) is 16.8 Å². The van der Waals surface area contributed by atoms with Gasteiger partial charge >= 0.3 is 6.03 Å². The molecule has 1 heterocycles. The number of aliphatic hydroxyl groups excluding tert-OH is 2. The summed E-state index contributed by atoms with van der Waals surface area (Å²) in [6.45, 7) is 0. The lowest BCUT2D eigenvalue weighted by atomic mass is 9.72. The van der Waals surface area contributed by atoms with E-state index in [-0.39, 0.29) is 0 Å². The molecule has 4 N–H and O–H groups in total. The van der Waals surface area contributed by atoms with Crippen molar-refractivity contribution in [1.29, 1.82) is 0 Å². The fourth-order valence-corrected chi connectivity index (χ4v) is 7.21. The first-order chi connectivity index (χ1) is 17.1. The molecule has 1 saturated heterocycles. The Labute approximate surface area is 216 Å². The number of imide groups is 2. The summed E-state index contributed by atoms with van der Waals surface area (Å²) in [6, 6.07) is -1.94. The predicted molar refractivity (Wildman–Crippen MR) is 129 cm³/mol. The van der Waals surface area contributed by atoms with E-state index < -0.39 is 92.1 Å². The summed E-state index contributed by atoms with van der Waals surface area (Å²) >= 11 is 0. The highest BCUT2D eigenvalue weighted by molar-refractivity contribution is 7.86. The molecule has 2 saturated carbocycles. The van der Waals surface area contributed by atoms with Crippen LogP contribution in [-0.2, 0) is 29.8 Å². The maximum atomic E-state index is 14.0. The molecule has 0 spiro atoms. The van der Waals surface area contributed by atoms with Gasteiger partial charge in [-0.1, -0.05) is 38.5 Å². The molecule has 13 nitrogen and oxygen atoms in total. The summed E-state index contributed by atoms with van der Waals surface area (Å²) in [6.07, 6.45) is 0.917. The topological polar surface area (TPSA) is 207 Å².